The zero-order valence-corrected chi connectivity index (χ0v) is 12.2. The first-order valence-corrected chi connectivity index (χ1v) is 7.59. The predicted molar refractivity (Wildman–Crippen MR) is 86.5 cm³/mol. The molecule has 1 unspecified atom stereocenters. The molecular weight excluding hydrogens is 258 g/mol. The number of hydrogen-bond acceptors (Lipinski definition) is 2. The van der Waals surface area contributed by atoms with Crippen molar-refractivity contribution in [2.24, 2.45) is 7.05 Å². The van der Waals surface area contributed by atoms with E-state index in [1.165, 1.54) is 35.9 Å². The van der Waals surface area contributed by atoms with Crippen LogP contribution in [0.25, 0.3) is 11.0 Å². The summed E-state index contributed by atoms with van der Waals surface area (Å²) in [5.74, 6) is 0.956. The first-order chi connectivity index (χ1) is 10.3. The Morgan fingerprint density at radius 2 is 1.90 bits per heavy atom. The summed E-state index contributed by atoms with van der Waals surface area (Å²) in [5, 5.41) is 3.65. The van der Waals surface area contributed by atoms with Crippen molar-refractivity contribution in [1.29, 1.82) is 0 Å². The van der Waals surface area contributed by atoms with Gasteiger partial charge in [-0.05, 0) is 42.5 Å². The van der Waals surface area contributed by atoms with Crippen molar-refractivity contribution >= 4 is 17.0 Å². The summed E-state index contributed by atoms with van der Waals surface area (Å²) in [4.78, 5) is 4.73. The number of para-hydroxylation sites is 2. The molecule has 3 nitrogen and oxygen atoms in total. The normalized spacial score (nSPS) is 17.7. The third-order valence-corrected chi connectivity index (χ3v) is 4.46. The van der Waals surface area contributed by atoms with Crippen LogP contribution in [0.5, 0.6) is 0 Å². The van der Waals surface area contributed by atoms with Crippen LogP contribution in [0.15, 0.2) is 48.5 Å². The fourth-order valence-electron chi connectivity index (χ4n) is 3.33. The maximum absolute atomic E-state index is 4.73. The van der Waals surface area contributed by atoms with Gasteiger partial charge in [0.2, 0.25) is 5.95 Å². The molecule has 0 bridgehead atoms. The highest BCUT2D eigenvalue weighted by atomic mass is 15.2. The van der Waals surface area contributed by atoms with Crippen LogP contribution in [0.1, 0.15) is 30.0 Å². The smallest absolute Gasteiger partial charge is 0.204 e. The Kier molecular flexibility index (Phi) is 2.92. The molecule has 0 amide bonds. The molecule has 3 aromatic rings. The highest BCUT2D eigenvalue weighted by Crippen LogP contribution is 2.32. The third-order valence-electron chi connectivity index (χ3n) is 4.46. The van der Waals surface area contributed by atoms with Crippen molar-refractivity contribution < 1.29 is 0 Å². The first kappa shape index (κ1) is 12.5. The number of benzene rings is 2. The Labute approximate surface area is 124 Å². The van der Waals surface area contributed by atoms with E-state index in [0.29, 0.717) is 6.04 Å². The van der Waals surface area contributed by atoms with Gasteiger partial charge in [-0.3, -0.25) is 0 Å². The number of aryl methyl sites for hydroxylation is 2. The minimum absolute atomic E-state index is 0.366. The van der Waals surface area contributed by atoms with Crippen LogP contribution in [-0.4, -0.2) is 9.55 Å². The predicted octanol–water partition coefficient (Wildman–Crippen LogP) is 4.06. The topological polar surface area (TPSA) is 29.9 Å². The van der Waals surface area contributed by atoms with Crippen LogP contribution in [0, 0.1) is 0 Å². The van der Waals surface area contributed by atoms with Crippen LogP contribution in [-0.2, 0) is 13.5 Å². The van der Waals surface area contributed by atoms with Crippen molar-refractivity contribution in [2.75, 3.05) is 5.32 Å². The number of anilines is 1. The maximum Gasteiger partial charge on any atom is 0.204 e. The van der Waals surface area contributed by atoms with E-state index in [1.54, 1.807) is 0 Å². The molecule has 0 saturated carbocycles. The summed E-state index contributed by atoms with van der Waals surface area (Å²) < 4.78 is 2.15. The van der Waals surface area contributed by atoms with Crippen molar-refractivity contribution in [3.05, 3.63) is 59.7 Å². The Balaban J connectivity index is 1.71. The molecule has 0 fully saturated rings. The van der Waals surface area contributed by atoms with Crippen LogP contribution >= 0.6 is 0 Å². The Hall–Kier alpha value is -2.29. The zero-order valence-electron chi connectivity index (χ0n) is 12.2. The van der Waals surface area contributed by atoms with E-state index in [1.807, 2.05) is 6.07 Å². The van der Waals surface area contributed by atoms with Crippen LogP contribution in [0.3, 0.4) is 0 Å². The molecule has 0 aliphatic heterocycles. The summed E-state index contributed by atoms with van der Waals surface area (Å²) in [7, 11) is 2.08. The summed E-state index contributed by atoms with van der Waals surface area (Å²) >= 11 is 0. The van der Waals surface area contributed by atoms with Crippen molar-refractivity contribution in [2.45, 2.75) is 25.3 Å². The Morgan fingerprint density at radius 1 is 1.10 bits per heavy atom. The van der Waals surface area contributed by atoms with Gasteiger partial charge in [0, 0.05) is 7.05 Å². The van der Waals surface area contributed by atoms with Gasteiger partial charge in [-0.25, -0.2) is 4.98 Å². The summed E-state index contributed by atoms with van der Waals surface area (Å²) in [5.41, 5.74) is 5.12. The SMILES string of the molecule is Cn1c(NC2CCCc3ccccc32)nc2ccccc21. The fourth-order valence-corrected chi connectivity index (χ4v) is 3.33. The van der Waals surface area contributed by atoms with Gasteiger partial charge in [-0.2, -0.15) is 0 Å². The van der Waals surface area contributed by atoms with Gasteiger partial charge in [-0.15, -0.1) is 0 Å². The second-order valence-electron chi connectivity index (χ2n) is 5.77. The molecule has 1 heterocycles. The summed E-state index contributed by atoms with van der Waals surface area (Å²) in [6, 6.07) is 17.4. The van der Waals surface area contributed by atoms with E-state index < -0.39 is 0 Å². The lowest BCUT2D eigenvalue weighted by atomic mass is 9.88. The molecule has 1 aromatic heterocycles. The number of hydrogen-bond donors (Lipinski definition) is 1. The molecule has 0 radical (unpaired) electrons. The van der Waals surface area contributed by atoms with E-state index in [4.69, 9.17) is 4.98 Å². The largest absolute Gasteiger partial charge is 0.349 e. The molecule has 106 valence electrons. The van der Waals surface area contributed by atoms with Gasteiger partial charge in [0.1, 0.15) is 0 Å². The summed E-state index contributed by atoms with van der Waals surface area (Å²) in [6.45, 7) is 0. The van der Waals surface area contributed by atoms with Crippen LogP contribution < -0.4 is 5.32 Å². The monoisotopic (exact) mass is 277 g/mol. The number of aromatic nitrogens is 2. The molecule has 2 aromatic carbocycles. The van der Waals surface area contributed by atoms with Gasteiger partial charge in [0.05, 0.1) is 17.1 Å². The second kappa shape index (κ2) is 4.92. The number of fused-ring (bicyclic) bond motifs is 2. The van der Waals surface area contributed by atoms with E-state index in [9.17, 15) is 0 Å². The molecule has 0 saturated heterocycles. The molecular formula is C18H19N3. The summed E-state index contributed by atoms with van der Waals surface area (Å²) in [6.07, 6.45) is 3.59. The third kappa shape index (κ3) is 2.09. The molecule has 1 aliphatic rings. The quantitative estimate of drug-likeness (QED) is 0.765. The van der Waals surface area contributed by atoms with E-state index in [-0.39, 0.29) is 0 Å². The molecule has 1 atom stereocenters. The minimum Gasteiger partial charge on any atom is -0.349 e. The molecule has 0 spiro atoms. The lowest BCUT2D eigenvalue weighted by Crippen LogP contribution is -2.19. The minimum atomic E-state index is 0.366. The van der Waals surface area contributed by atoms with Crippen LogP contribution in [0.2, 0.25) is 0 Å². The second-order valence-corrected chi connectivity index (χ2v) is 5.77. The van der Waals surface area contributed by atoms with Gasteiger partial charge in [0.25, 0.3) is 0 Å². The molecule has 1 aliphatic carbocycles. The maximum atomic E-state index is 4.73. The van der Waals surface area contributed by atoms with Gasteiger partial charge < -0.3 is 9.88 Å². The van der Waals surface area contributed by atoms with Crippen molar-refractivity contribution in [1.82, 2.24) is 9.55 Å². The van der Waals surface area contributed by atoms with E-state index in [0.717, 1.165) is 11.5 Å². The Bertz CT molecular complexity index is 788. The van der Waals surface area contributed by atoms with Crippen LogP contribution in [0.4, 0.5) is 5.95 Å². The number of nitrogens with one attached hydrogen (secondary N) is 1. The van der Waals surface area contributed by atoms with E-state index in [2.05, 4.69) is 59.4 Å². The van der Waals surface area contributed by atoms with Gasteiger partial charge in [0.15, 0.2) is 0 Å². The lowest BCUT2D eigenvalue weighted by molar-refractivity contribution is 0.594. The molecule has 4 rings (SSSR count). The van der Waals surface area contributed by atoms with Gasteiger partial charge in [-0.1, -0.05) is 36.4 Å². The highest BCUT2D eigenvalue weighted by Gasteiger charge is 2.21. The number of rotatable bonds is 2. The average molecular weight is 277 g/mol. The lowest BCUT2D eigenvalue weighted by Gasteiger charge is -2.26. The van der Waals surface area contributed by atoms with Gasteiger partial charge >= 0.3 is 0 Å². The fraction of sp³-hybridized carbons (Fsp3) is 0.278. The molecule has 3 heteroatoms. The first-order valence-electron chi connectivity index (χ1n) is 7.59. The highest BCUT2D eigenvalue weighted by molar-refractivity contribution is 5.78. The van der Waals surface area contributed by atoms with Crippen molar-refractivity contribution in [3.8, 4) is 0 Å². The standard InChI is InChI=1S/C18H19N3/c1-21-17-12-5-4-10-16(17)20-18(21)19-15-11-6-8-13-7-2-3-9-14(13)15/h2-5,7,9-10,12,15H,6,8,11H2,1H3,(H,19,20). The average Bonchev–Trinajstić information content (AvgIpc) is 2.85. The zero-order chi connectivity index (χ0) is 14.2. The Morgan fingerprint density at radius 3 is 2.81 bits per heavy atom. The van der Waals surface area contributed by atoms with E-state index >= 15 is 0 Å². The molecule has 21 heavy (non-hydrogen) atoms. The number of imidazole rings is 1. The van der Waals surface area contributed by atoms with Crippen molar-refractivity contribution in [3.63, 3.8) is 0 Å². The molecule has 1 N–H and O–H groups in total. The number of nitrogens with zero attached hydrogens (tertiary/aromatic N) is 2.